The quantitative estimate of drug-likeness (QED) is 0.0445. The third-order valence-corrected chi connectivity index (χ3v) is 11.7. The largest absolute Gasteiger partial charge is 0.481 e. The second kappa shape index (κ2) is 19.4. The molecule has 1 saturated heterocycles. The summed E-state index contributed by atoms with van der Waals surface area (Å²) in [7, 11) is -16.5. The van der Waals surface area contributed by atoms with Gasteiger partial charge in [-0.15, -0.1) is 0 Å². The zero-order chi connectivity index (χ0) is 43.1. The summed E-state index contributed by atoms with van der Waals surface area (Å²) in [5.74, 6) is -3.18. The van der Waals surface area contributed by atoms with Crippen molar-refractivity contribution in [2.24, 2.45) is 5.41 Å². The highest BCUT2D eigenvalue weighted by molar-refractivity contribution is 8.13. The van der Waals surface area contributed by atoms with Gasteiger partial charge in [-0.3, -0.25) is 32.5 Å². The summed E-state index contributed by atoms with van der Waals surface area (Å²) in [6.07, 6.45) is -7.85. The van der Waals surface area contributed by atoms with Gasteiger partial charge in [0.2, 0.25) is 11.8 Å². The Balaban J connectivity index is 1.48. The summed E-state index contributed by atoms with van der Waals surface area (Å²) in [4.78, 5) is 98.1. The molecule has 12 N–H and O–H groups in total. The van der Waals surface area contributed by atoms with E-state index in [0.717, 1.165) is 24.1 Å². The molecule has 1 aliphatic rings. The van der Waals surface area contributed by atoms with Crippen molar-refractivity contribution in [3.05, 3.63) is 12.7 Å². The number of hydrogen-bond acceptors (Lipinski definition) is 20. The number of imidazole rings is 1. The molecule has 8 atom stereocenters. The maximum absolute atomic E-state index is 12.7. The smallest absolute Gasteiger partial charge is 0.479 e. The zero-order valence-electron chi connectivity index (χ0n) is 30.1. The molecule has 2 aromatic rings. The lowest BCUT2D eigenvalue weighted by atomic mass is 9.87. The SMILES string of the molecule is CC(O)(CC(=O)SCCNC(=O)CCNC(=O)[C@H](O)C(C)(C)COP(=O)(O)OP(=O)(O)OC[C@H]1O[C@@H](n2cnc3c(N)ncnc32)[C@H](O)[C@@H]1OP(=O)(O)O)C(=O)O. The van der Waals surface area contributed by atoms with Crippen LogP contribution in [0.2, 0.25) is 0 Å². The van der Waals surface area contributed by atoms with Gasteiger partial charge in [0.25, 0.3) is 0 Å². The van der Waals surface area contributed by atoms with Crippen LogP contribution in [0.1, 0.15) is 39.8 Å². The number of nitrogen functional groups attached to an aromatic ring is 1. The molecular formula is C26H42N7O20P3S. The van der Waals surface area contributed by atoms with E-state index >= 15 is 0 Å². The van der Waals surface area contributed by atoms with Gasteiger partial charge in [-0.05, 0) is 6.92 Å². The van der Waals surface area contributed by atoms with Crippen molar-refractivity contribution < 1.29 is 95.5 Å². The normalized spacial score (nSPS) is 22.6. The number of fused-ring (bicyclic) bond motifs is 1. The maximum atomic E-state index is 12.7. The molecule has 0 radical (unpaired) electrons. The predicted molar refractivity (Wildman–Crippen MR) is 190 cm³/mol. The molecule has 57 heavy (non-hydrogen) atoms. The molecule has 0 aliphatic carbocycles. The number of aromatic nitrogens is 4. The van der Waals surface area contributed by atoms with E-state index in [2.05, 4.69) is 34.4 Å². The fraction of sp³-hybridized carbons (Fsp3) is 0.654. The van der Waals surface area contributed by atoms with Gasteiger partial charge >= 0.3 is 29.4 Å². The number of nitrogens with two attached hydrogens (primary N) is 1. The van der Waals surface area contributed by atoms with Crippen LogP contribution in [-0.2, 0) is 55.5 Å². The van der Waals surface area contributed by atoms with E-state index in [1.165, 1.54) is 13.8 Å². The van der Waals surface area contributed by atoms with Gasteiger partial charge in [0, 0.05) is 30.7 Å². The van der Waals surface area contributed by atoms with Crippen LogP contribution in [0, 0.1) is 5.41 Å². The Morgan fingerprint density at radius 2 is 1.68 bits per heavy atom. The van der Waals surface area contributed by atoms with E-state index in [0.29, 0.717) is 11.8 Å². The Morgan fingerprint density at radius 1 is 1.04 bits per heavy atom. The Kier molecular flexibility index (Phi) is 16.4. The van der Waals surface area contributed by atoms with Crippen LogP contribution in [0.4, 0.5) is 5.82 Å². The standard InChI is InChI=1S/C26H42N7O20P3S/c1-25(2,19(37)22(38)29-5-4-14(34)28-6-7-57-15(35)8-26(3,41)24(39)40)10-50-56(47,48)53-55(45,46)49-9-13-18(52-54(42,43)44)17(36)23(51-13)33-12-32-16-20(27)30-11-31-21(16)33/h11-13,17-19,23,36-37,41H,4-10H2,1-3H3,(H,28,34)(H,29,38)(H,39,40)(H,45,46)(H,47,48)(H2,27,30,31)(H2,42,43,44)/t13-,17-,18-,19+,23-,26?/m1/s1. The number of anilines is 1. The van der Waals surface area contributed by atoms with E-state index in [1.807, 2.05) is 0 Å². The van der Waals surface area contributed by atoms with Crippen LogP contribution >= 0.6 is 35.2 Å². The zero-order valence-corrected chi connectivity index (χ0v) is 33.6. The van der Waals surface area contributed by atoms with Crippen molar-refractivity contribution >= 4 is 75.1 Å². The van der Waals surface area contributed by atoms with Gasteiger partial charge in [-0.1, -0.05) is 25.6 Å². The molecule has 1 aliphatic heterocycles. The number of ether oxygens (including phenoxy) is 1. The van der Waals surface area contributed by atoms with Crippen molar-refractivity contribution in [1.82, 2.24) is 30.2 Å². The molecule has 3 rings (SSSR count). The molecule has 2 aromatic heterocycles. The van der Waals surface area contributed by atoms with E-state index in [9.17, 15) is 67.8 Å². The van der Waals surface area contributed by atoms with Crippen molar-refractivity contribution in [2.45, 2.75) is 69.9 Å². The molecule has 3 unspecified atom stereocenters. The number of carbonyl (C=O) groups excluding carboxylic acids is 3. The summed E-state index contributed by atoms with van der Waals surface area (Å²) in [6, 6.07) is 0. The first-order chi connectivity index (χ1) is 26.1. The summed E-state index contributed by atoms with van der Waals surface area (Å²) in [6.45, 7) is 0.988. The number of hydrogen-bond donors (Lipinski definition) is 11. The molecule has 31 heteroatoms. The van der Waals surface area contributed by atoms with Crippen molar-refractivity contribution in [3.63, 3.8) is 0 Å². The summed E-state index contributed by atoms with van der Waals surface area (Å²) in [5, 5.41) is 44.0. The van der Waals surface area contributed by atoms with E-state index < -0.39 is 108 Å². The number of phosphoric ester groups is 3. The number of carboxylic acids is 1. The number of carbonyl (C=O) groups is 4. The predicted octanol–water partition coefficient (Wildman–Crippen LogP) is -2.11. The first-order valence-electron chi connectivity index (χ1n) is 16.1. The molecule has 322 valence electrons. The fourth-order valence-corrected chi connectivity index (χ4v) is 8.35. The lowest BCUT2D eigenvalue weighted by molar-refractivity contribution is -0.158. The van der Waals surface area contributed by atoms with Crippen LogP contribution in [0.5, 0.6) is 0 Å². The summed E-state index contributed by atoms with van der Waals surface area (Å²) in [5.41, 5.74) is 1.93. The fourth-order valence-electron chi connectivity index (χ4n) is 4.70. The lowest BCUT2D eigenvalue weighted by Gasteiger charge is -2.30. The van der Waals surface area contributed by atoms with Gasteiger partial charge in [0.15, 0.2) is 28.4 Å². The molecule has 27 nitrogen and oxygen atoms in total. The Bertz CT molecular complexity index is 1930. The van der Waals surface area contributed by atoms with Crippen LogP contribution in [0.3, 0.4) is 0 Å². The number of rotatable bonds is 22. The second-order valence-corrected chi connectivity index (χ2v) is 18.4. The highest BCUT2D eigenvalue weighted by Crippen LogP contribution is 2.61. The van der Waals surface area contributed by atoms with Crippen LogP contribution in [0.15, 0.2) is 12.7 Å². The van der Waals surface area contributed by atoms with Crippen molar-refractivity contribution in [1.29, 1.82) is 0 Å². The summed E-state index contributed by atoms with van der Waals surface area (Å²) < 4.78 is 61.9. The number of aliphatic carboxylic acids is 1. The van der Waals surface area contributed by atoms with Gasteiger partial charge < -0.3 is 61.1 Å². The number of carboxylic acid groups (broad SMARTS) is 1. The number of aliphatic hydroxyl groups is 3. The highest BCUT2D eigenvalue weighted by atomic mass is 32.2. The van der Waals surface area contributed by atoms with Gasteiger partial charge in [-0.25, -0.2) is 33.4 Å². The van der Waals surface area contributed by atoms with Gasteiger partial charge in [-0.2, -0.15) is 4.31 Å². The van der Waals surface area contributed by atoms with E-state index in [-0.39, 0.29) is 42.2 Å². The minimum absolute atomic E-state index is 0.0136. The highest BCUT2D eigenvalue weighted by Gasteiger charge is 2.50. The Labute approximate surface area is 326 Å². The average molecular weight is 898 g/mol. The second-order valence-electron chi connectivity index (χ2n) is 13.0. The van der Waals surface area contributed by atoms with Crippen molar-refractivity contribution in [2.75, 3.05) is 37.8 Å². The first-order valence-corrected chi connectivity index (χ1v) is 21.7. The molecule has 1 fully saturated rings. The van der Waals surface area contributed by atoms with Gasteiger partial charge in [0.05, 0.1) is 26.0 Å². The Morgan fingerprint density at radius 3 is 2.32 bits per heavy atom. The molecule has 0 bridgehead atoms. The number of nitrogens with one attached hydrogen (secondary N) is 2. The first kappa shape index (κ1) is 48.4. The van der Waals surface area contributed by atoms with Crippen LogP contribution in [0.25, 0.3) is 11.2 Å². The van der Waals surface area contributed by atoms with Crippen molar-refractivity contribution in [3.8, 4) is 0 Å². The molecule has 2 amide bonds. The van der Waals surface area contributed by atoms with Crippen LogP contribution in [-0.4, -0.2) is 144 Å². The lowest BCUT2D eigenvalue weighted by Crippen LogP contribution is -2.46. The van der Waals surface area contributed by atoms with E-state index in [4.69, 9.17) is 24.6 Å². The molecule has 0 saturated carbocycles. The van der Waals surface area contributed by atoms with Gasteiger partial charge in [0.1, 0.15) is 36.3 Å². The minimum Gasteiger partial charge on any atom is -0.479 e. The maximum Gasteiger partial charge on any atom is 0.481 e. The van der Waals surface area contributed by atoms with Crippen LogP contribution < -0.4 is 16.4 Å². The number of aliphatic hydroxyl groups excluding tert-OH is 2. The number of nitrogens with zero attached hydrogens (tertiary/aromatic N) is 4. The monoisotopic (exact) mass is 897 g/mol. The Hall–Kier alpha value is -3.01. The minimum atomic E-state index is -5.60. The molecular weight excluding hydrogens is 855 g/mol. The number of thioether (sulfide) groups is 1. The molecule has 0 aromatic carbocycles. The van der Waals surface area contributed by atoms with E-state index in [1.54, 1.807) is 0 Å². The molecule has 0 spiro atoms. The number of amides is 2. The topological polar surface area (TPSA) is 421 Å². The average Bonchev–Trinajstić information content (AvgIpc) is 3.64. The molecule has 3 heterocycles. The summed E-state index contributed by atoms with van der Waals surface area (Å²) >= 11 is 0.691. The third kappa shape index (κ3) is 14.3. The third-order valence-electron chi connectivity index (χ3n) is 7.71. The number of phosphoric acid groups is 3.